The molecule has 0 fully saturated rings. The van der Waals surface area contributed by atoms with Crippen molar-refractivity contribution in [2.75, 3.05) is 0 Å². The Balaban J connectivity index is 2.71. The van der Waals surface area contributed by atoms with Crippen LogP contribution in [-0.4, -0.2) is 23.2 Å². The fourth-order valence-electron chi connectivity index (χ4n) is 3.26. The maximum Gasteiger partial charge on any atom is 0.283 e. The molecule has 0 saturated heterocycles. The average Bonchev–Trinajstić information content (AvgIpc) is 2.61. The molecule has 10 heteroatoms. The first-order chi connectivity index (χ1) is 13.5. The largest absolute Gasteiger partial charge is 0.508 e. The summed E-state index contributed by atoms with van der Waals surface area (Å²) in [5.41, 5.74) is -0.903. The Labute approximate surface area is 186 Å². The summed E-state index contributed by atoms with van der Waals surface area (Å²) >= 11 is 24.9. The molecule has 1 atom stereocenters. The number of benzene rings is 3. The van der Waals surface area contributed by atoms with E-state index in [9.17, 15) is 23.2 Å². The summed E-state index contributed by atoms with van der Waals surface area (Å²) in [6.07, 6.45) is 0. The van der Waals surface area contributed by atoms with Crippen LogP contribution in [0, 0.1) is 0 Å². The van der Waals surface area contributed by atoms with Gasteiger partial charge in [0.15, 0.2) is 4.75 Å². The van der Waals surface area contributed by atoms with Crippen molar-refractivity contribution in [3.63, 3.8) is 0 Å². The van der Waals surface area contributed by atoms with Gasteiger partial charge in [-0.3, -0.25) is 4.55 Å². The molecule has 0 radical (unpaired) electrons. The number of phenols is 2. The van der Waals surface area contributed by atoms with Crippen molar-refractivity contribution >= 4 is 56.5 Å². The Morgan fingerprint density at radius 2 is 1.28 bits per heavy atom. The zero-order valence-electron chi connectivity index (χ0n) is 14.3. The van der Waals surface area contributed by atoms with Gasteiger partial charge in [0.1, 0.15) is 11.5 Å². The smallest absolute Gasteiger partial charge is 0.283 e. The molecule has 0 aliphatic carbocycles. The number of rotatable bonds is 4. The third-order valence-electron chi connectivity index (χ3n) is 4.38. The molecule has 0 spiro atoms. The highest BCUT2D eigenvalue weighted by molar-refractivity contribution is 7.87. The lowest BCUT2D eigenvalue weighted by molar-refractivity contribution is 0.435. The minimum Gasteiger partial charge on any atom is -0.508 e. The Kier molecular flexibility index (Phi) is 5.98. The number of phenolic OH excluding ortho intramolecular Hbond substituents is 2. The molecule has 5 nitrogen and oxygen atoms in total. The Morgan fingerprint density at radius 3 is 1.83 bits per heavy atom. The molecule has 0 aliphatic rings. The van der Waals surface area contributed by atoms with Crippen molar-refractivity contribution in [1.29, 1.82) is 0 Å². The molecule has 3 rings (SSSR count). The predicted octanol–water partition coefficient (Wildman–Crippen LogP) is 5.89. The minimum atomic E-state index is -5.19. The fourth-order valence-corrected chi connectivity index (χ4v) is 5.96. The third kappa shape index (κ3) is 3.54. The predicted molar refractivity (Wildman–Crippen MR) is 114 cm³/mol. The molecule has 0 heterocycles. The molecule has 3 aromatic rings. The Hall–Kier alpha value is -1.67. The van der Waals surface area contributed by atoms with Crippen molar-refractivity contribution in [2.24, 2.45) is 0 Å². The molecule has 0 aromatic heterocycles. The summed E-state index contributed by atoms with van der Waals surface area (Å²) in [6, 6.07) is 11.9. The lowest BCUT2D eigenvalue weighted by Gasteiger charge is -2.35. The fraction of sp³-hybridized carbons (Fsp3) is 0.0526. The highest BCUT2D eigenvalue weighted by Crippen LogP contribution is 2.54. The molecule has 0 amide bonds. The van der Waals surface area contributed by atoms with Crippen LogP contribution in [0.25, 0.3) is 0 Å². The van der Waals surface area contributed by atoms with Gasteiger partial charge in [-0.1, -0.05) is 70.7 Å². The van der Waals surface area contributed by atoms with Gasteiger partial charge in [-0.05, 0) is 24.3 Å². The molecule has 0 bridgehead atoms. The monoisotopic (exact) mass is 492 g/mol. The number of halogens is 4. The van der Waals surface area contributed by atoms with E-state index in [1.54, 1.807) is 6.07 Å². The molecule has 3 N–H and O–H groups in total. The van der Waals surface area contributed by atoms with E-state index in [1.807, 2.05) is 0 Å². The molecular weight excluding hydrogens is 482 g/mol. The van der Waals surface area contributed by atoms with E-state index in [1.165, 1.54) is 36.4 Å². The van der Waals surface area contributed by atoms with E-state index in [0.717, 1.165) is 12.1 Å². The van der Waals surface area contributed by atoms with Gasteiger partial charge in [0.2, 0.25) is 0 Å². The van der Waals surface area contributed by atoms with Crippen LogP contribution in [0.1, 0.15) is 16.7 Å². The standard InChI is InChI=1S/C19H12Cl4O5S/c20-13-5-2-1-4-11(13)19(29(26,27)28,17-14(21)6-3-7-15(17)22)12-8-10(24)9-16(23)18(12)25/h1-9,24-25H,(H,26,27,28). The van der Waals surface area contributed by atoms with Crippen molar-refractivity contribution in [2.45, 2.75) is 4.75 Å². The van der Waals surface area contributed by atoms with E-state index in [-0.39, 0.29) is 31.2 Å². The van der Waals surface area contributed by atoms with Crippen molar-refractivity contribution < 1.29 is 23.2 Å². The zero-order valence-corrected chi connectivity index (χ0v) is 18.1. The molecule has 0 aliphatic heterocycles. The molecule has 0 saturated carbocycles. The summed E-state index contributed by atoms with van der Waals surface area (Å²) < 4.78 is 34.0. The summed E-state index contributed by atoms with van der Waals surface area (Å²) in [6.45, 7) is 0. The highest BCUT2D eigenvalue weighted by Gasteiger charge is 2.53. The van der Waals surface area contributed by atoms with Crippen LogP contribution in [0.3, 0.4) is 0 Å². The van der Waals surface area contributed by atoms with Crippen LogP contribution in [0.4, 0.5) is 0 Å². The van der Waals surface area contributed by atoms with Crippen molar-refractivity contribution in [1.82, 2.24) is 0 Å². The lowest BCUT2D eigenvalue weighted by atomic mass is 9.83. The summed E-state index contributed by atoms with van der Waals surface area (Å²) in [4.78, 5) is 0. The van der Waals surface area contributed by atoms with Crippen LogP contribution in [0.15, 0.2) is 54.6 Å². The van der Waals surface area contributed by atoms with Gasteiger partial charge in [0.05, 0.1) is 5.02 Å². The molecule has 3 aromatic carbocycles. The van der Waals surface area contributed by atoms with Gasteiger partial charge < -0.3 is 10.2 Å². The van der Waals surface area contributed by atoms with E-state index in [2.05, 4.69) is 0 Å². The van der Waals surface area contributed by atoms with E-state index in [0.29, 0.717) is 0 Å². The van der Waals surface area contributed by atoms with Crippen LogP contribution < -0.4 is 0 Å². The van der Waals surface area contributed by atoms with E-state index >= 15 is 0 Å². The number of aromatic hydroxyl groups is 2. The third-order valence-corrected chi connectivity index (χ3v) is 7.05. The zero-order chi connectivity index (χ0) is 21.6. The molecule has 1 unspecified atom stereocenters. The highest BCUT2D eigenvalue weighted by atomic mass is 35.5. The Bertz CT molecular complexity index is 1190. The van der Waals surface area contributed by atoms with E-state index in [4.69, 9.17) is 46.4 Å². The molecule has 29 heavy (non-hydrogen) atoms. The van der Waals surface area contributed by atoms with Gasteiger partial charge >= 0.3 is 0 Å². The average molecular weight is 494 g/mol. The SMILES string of the molecule is O=S(=O)(O)C(c1ccccc1Cl)(c1cc(O)cc(Cl)c1O)c1c(Cl)cccc1Cl. The Morgan fingerprint density at radius 1 is 0.724 bits per heavy atom. The second kappa shape index (κ2) is 7.87. The first kappa shape index (κ1) is 22.0. The molecular formula is C19H12Cl4O5S. The summed E-state index contributed by atoms with van der Waals surface area (Å²) in [7, 11) is -5.19. The van der Waals surface area contributed by atoms with Crippen LogP contribution in [-0.2, 0) is 14.9 Å². The van der Waals surface area contributed by atoms with E-state index < -0.39 is 31.9 Å². The summed E-state index contributed by atoms with van der Waals surface area (Å²) in [5.74, 6) is -1.18. The van der Waals surface area contributed by atoms with Gasteiger partial charge in [0, 0.05) is 37.8 Å². The van der Waals surface area contributed by atoms with Crippen molar-refractivity contribution in [3.05, 3.63) is 91.4 Å². The topological polar surface area (TPSA) is 94.8 Å². The molecule has 152 valence electrons. The normalized spacial score (nSPS) is 13.8. The van der Waals surface area contributed by atoms with Crippen LogP contribution >= 0.6 is 46.4 Å². The first-order valence-corrected chi connectivity index (χ1v) is 10.9. The maximum atomic E-state index is 13.0. The maximum absolute atomic E-state index is 13.0. The van der Waals surface area contributed by atoms with Gasteiger partial charge in [0.25, 0.3) is 10.1 Å². The minimum absolute atomic E-state index is 0.0695. The second-order valence-corrected chi connectivity index (χ2v) is 9.25. The van der Waals surface area contributed by atoms with Crippen molar-refractivity contribution in [3.8, 4) is 11.5 Å². The van der Waals surface area contributed by atoms with Crippen LogP contribution in [0.2, 0.25) is 20.1 Å². The number of hydrogen-bond acceptors (Lipinski definition) is 4. The number of hydrogen-bond donors (Lipinski definition) is 3. The van der Waals surface area contributed by atoms with Crippen LogP contribution in [0.5, 0.6) is 11.5 Å². The van der Waals surface area contributed by atoms with Gasteiger partial charge in [-0.25, -0.2) is 0 Å². The van der Waals surface area contributed by atoms with Gasteiger partial charge in [-0.15, -0.1) is 0 Å². The quantitative estimate of drug-likeness (QED) is 0.239. The summed E-state index contributed by atoms with van der Waals surface area (Å²) in [5, 5.41) is 20.1. The van der Waals surface area contributed by atoms with Gasteiger partial charge in [-0.2, -0.15) is 8.42 Å². The first-order valence-electron chi connectivity index (χ1n) is 7.90. The second-order valence-electron chi connectivity index (χ2n) is 6.06. The lowest BCUT2D eigenvalue weighted by Crippen LogP contribution is -2.39.